The molecule has 0 aromatic carbocycles. The van der Waals surface area contributed by atoms with Crippen molar-refractivity contribution in [1.82, 2.24) is 0 Å². The van der Waals surface area contributed by atoms with Crippen LogP contribution in [0.4, 0.5) is 0 Å². The largest absolute Gasteiger partial charge is 3.00 e. The second-order valence-electron chi connectivity index (χ2n) is 9.31. The molecular formula is C28H53AlO5. The molecule has 0 radical (unpaired) electrons. The number of hydrogen-bond acceptors (Lipinski definition) is 5. The van der Waals surface area contributed by atoms with E-state index >= 15 is 0 Å². The number of carbonyl (C=O) groups is 2. The molecule has 0 N–H and O–H groups in total. The number of rotatable bonds is 18. The number of unbranched alkanes of at least 4 members (excludes halogenated alkanes) is 12. The van der Waals surface area contributed by atoms with Crippen molar-refractivity contribution in [3.63, 3.8) is 0 Å². The minimum absolute atomic E-state index is 0. The summed E-state index contributed by atoms with van der Waals surface area (Å²) < 4.78 is 0. The van der Waals surface area contributed by atoms with Crippen LogP contribution in [0.5, 0.6) is 0 Å². The van der Waals surface area contributed by atoms with Gasteiger partial charge < -0.3 is 20.1 Å². The number of hydrogen-bond donors (Lipinski definition) is 0. The molecule has 0 spiro atoms. The smallest absolute Gasteiger partial charge is 0.852 e. The molecule has 0 aliphatic heterocycles. The van der Waals surface area contributed by atoms with Gasteiger partial charge in [0.25, 0.3) is 0 Å². The van der Waals surface area contributed by atoms with E-state index in [9.17, 15) is 24.9 Å². The van der Waals surface area contributed by atoms with Crippen molar-refractivity contribution in [2.45, 2.75) is 150 Å². The van der Waals surface area contributed by atoms with Crippen molar-refractivity contribution in [3.05, 3.63) is 12.2 Å². The number of carboxylic acids is 1. The van der Waals surface area contributed by atoms with Gasteiger partial charge in [-0.15, -0.1) is 12.2 Å². The van der Waals surface area contributed by atoms with E-state index in [2.05, 4.69) is 19.1 Å². The van der Waals surface area contributed by atoms with Gasteiger partial charge in [0.05, 0.1) is 11.9 Å². The van der Waals surface area contributed by atoms with Crippen LogP contribution < -0.4 is 15.3 Å². The summed E-state index contributed by atoms with van der Waals surface area (Å²) >= 11 is 0. The molecule has 0 rings (SSSR count). The predicted octanol–water partition coefficient (Wildman–Crippen LogP) is 4.50. The SMILES string of the molecule is CC(C)[O-].CC(C)[O-].CCCCCCCC/C=C/CCCCCCCCC(C(C)=O)C(=O)[O-].[Al+3]. The van der Waals surface area contributed by atoms with Crippen molar-refractivity contribution in [2.75, 3.05) is 0 Å². The molecular weight excluding hydrogens is 443 g/mol. The van der Waals surface area contributed by atoms with Crippen LogP contribution in [0.3, 0.4) is 0 Å². The third-order valence-electron chi connectivity index (χ3n) is 4.78. The van der Waals surface area contributed by atoms with Crippen LogP contribution in [0.25, 0.3) is 0 Å². The maximum absolute atomic E-state index is 11.1. The van der Waals surface area contributed by atoms with Crippen LogP contribution in [0.1, 0.15) is 138 Å². The number of aliphatic carboxylic acids is 1. The zero-order chi connectivity index (χ0) is 25.9. The third-order valence-corrected chi connectivity index (χ3v) is 4.78. The van der Waals surface area contributed by atoms with Crippen LogP contribution in [-0.4, -0.2) is 41.3 Å². The van der Waals surface area contributed by atoms with E-state index in [1.54, 1.807) is 27.7 Å². The fourth-order valence-electron chi connectivity index (χ4n) is 3.08. The molecule has 1 atom stereocenters. The Morgan fingerprint density at radius 1 is 0.676 bits per heavy atom. The fourth-order valence-corrected chi connectivity index (χ4v) is 3.08. The van der Waals surface area contributed by atoms with E-state index in [-0.39, 0.29) is 23.1 Å². The molecule has 34 heavy (non-hydrogen) atoms. The summed E-state index contributed by atoms with van der Waals surface area (Å²) in [6.07, 6.45) is 21.4. The van der Waals surface area contributed by atoms with Crippen LogP contribution in [0.2, 0.25) is 0 Å². The second-order valence-corrected chi connectivity index (χ2v) is 9.31. The summed E-state index contributed by atoms with van der Waals surface area (Å²) in [6.45, 7) is 10.0. The van der Waals surface area contributed by atoms with Crippen molar-refractivity contribution in [3.8, 4) is 0 Å². The van der Waals surface area contributed by atoms with Gasteiger partial charge in [0.2, 0.25) is 0 Å². The Bertz CT molecular complexity index is 425. The molecule has 0 aliphatic carbocycles. The van der Waals surface area contributed by atoms with Crippen LogP contribution in [0, 0.1) is 5.92 Å². The van der Waals surface area contributed by atoms with Gasteiger partial charge in [-0.1, -0.05) is 111 Å². The number of ketones is 1. The average Bonchev–Trinajstić information content (AvgIpc) is 2.69. The van der Waals surface area contributed by atoms with Gasteiger partial charge in [0.15, 0.2) is 0 Å². The number of Topliss-reactive ketones (excluding diaryl/α,β-unsaturated/α-hetero) is 1. The van der Waals surface area contributed by atoms with E-state index < -0.39 is 24.1 Å². The maximum Gasteiger partial charge on any atom is 3.00 e. The summed E-state index contributed by atoms with van der Waals surface area (Å²) in [7, 11) is 0. The first kappa shape index (κ1) is 40.5. The second kappa shape index (κ2) is 32.3. The number of carbonyl (C=O) groups excluding carboxylic acids is 2. The van der Waals surface area contributed by atoms with Crippen molar-refractivity contribution < 1.29 is 24.9 Å². The van der Waals surface area contributed by atoms with E-state index in [4.69, 9.17) is 0 Å². The monoisotopic (exact) mass is 496 g/mol. The topological polar surface area (TPSA) is 103 Å². The molecule has 0 bridgehead atoms. The summed E-state index contributed by atoms with van der Waals surface area (Å²) in [6, 6.07) is 0. The summed E-state index contributed by atoms with van der Waals surface area (Å²) in [4.78, 5) is 21.9. The predicted molar refractivity (Wildman–Crippen MR) is 139 cm³/mol. The zero-order valence-corrected chi connectivity index (χ0v) is 24.3. The minimum Gasteiger partial charge on any atom is -0.852 e. The van der Waals surface area contributed by atoms with E-state index in [1.807, 2.05) is 0 Å². The first-order valence-corrected chi connectivity index (χ1v) is 13.2. The molecule has 0 saturated heterocycles. The Kier molecular flexibility index (Phi) is 38.5. The number of allylic oxidation sites excluding steroid dienone is 2. The molecule has 0 aromatic heterocycles. The maximum atomic E-state index is 11.1. The van der Waals surface area contributed by atoms with E-state index in [1.165, 1.54) is 77.6 Å². The molecule has 0 amide bonds. The van der Waals surface area contributed by atoms with Gasteiger partial charge in [-0.2, -0.15) is 0 Å². The third kappa shape index (κ3) is 44.9. The van der Waals surface area contributed by atoms with Crippen LogP contribution in [0.15, 0.2) is 12.2 Å². The Morgan fingerprint density at radius 2 is 1.00 bits per heavy atom. The van der Waals surface area contributed by atoms with Gasteiger partial charge >= 0.3 is 17.4 Å². The summed E-state index contributed by atoms with van der Waals surface area (Å²) in [5.74, 6) is -2.41. The van der Waals surface area contributed by atoms with Gasteiger partial charge in [0, 0.05) is 0 Å². The fraction of sp³-hybridized carbons (Fsp3) is 0.857. The summed E-state index contributed by atoms with van der Waals surface area (Å²) in [5, 5.41) is 29.8. The summed E-state index contributed by atoms with van der Waals surface area (Å²) in [5.41, 5.74) is 0. The van der Waals surface area contributed by atoms with Crippen molar-refractivity contribution in [2.24, 2.45) is 5.92 Å². The molecule has 0 fully saturated rings. The van der Waals surface area contributed by atoms with Crippen LogP contribution >= 0.6 is 0 Å². The van der Waals surface area contributed by atoms with E-state index in [0.29, 0.717) is 6.42 Å². The molecule has 5 nitrogen and oxygen atoms in total. The Hall–Kier alpha value is -0.668. The van der Waals surface area contributed by atoms with Gasteiger partial charge in [-0.05, 0) is 39.0 Å². The normalized spacial score (nSPS) is 11.4. The van der Waals surface area contributed by atoms with Gasteiger partial charge in [-0.25, -0.2) is 0 Å². The molecule has 6 heteroatoms. The van der Waals surface area contributed by atoms with Crippen molar-refractivity contribution >= 4 is 29.1 Å². The number of carboxylic acid groups (broad SMARTS) is 1. The molecule has 0 aliphatic rings. The van der Waals surface area contributed by atoms with Crippen LogP contribution in [-0.2, 0) is 9.59 Å². The Labute approximate surface area is 221 Å². The van der Waals surface area contributed by atoms with Gasteiger partial charge in [0.1, 0.15) is 5.78 Å². The quantitative estimate of drug-likeness (QED) is 0.120. The Balaban J connectivity index is -0.000000430. The van der Waals surface area contributed by atoms with Crippen molar-refractivity contribution in [1.29, 1.82) is 0 Å². The average molecular weight is 497 g/mol. The molecule has 0 aromatic rings. The molecule has 198 valence electrons. The first-order valence-electron chi connectivity index (χ1n) is 13.2. The first-order chi connectivity index (χ1) is 15.6. The molecule has 0 saturated carbocycles. The zero-order valence-electron chi connectivity index (χ0n) is 23.1. The van der Waals surface area contributed by atoms with Gasteiger partial charge in [-0.3, -0.25) is 4.79 Å². The standard InChI is InChI=1S/C22H40O3.2C3H7O.Al/c1-3-4-5-6-7-8-9-10-11-12-13-14-15-16-17-18-19-21(20(2)23)22(24)25;2*1-3(2)4;/h10-11,21H,3-9,12-19H2,1-2H3,(H,24,25);2*3H,1-2H3;/q;2*-1;+3/p-1/b11-10+;;;. The molecule has 0 heterocycles. The minimum atomic E-state index is -1.22. The van der Waals surface area contributed by atoms with E-state index in [0.717, 1.165) is 19.3 Å². The Morgan fingerprint density at radius 3 is 1.32 bits per heavy atom. The molecule has 1 unspecified atom stereocenters.